The molecule has 1 fully saturated rings. The first-order valence-corrected chi connectivity index (χ1v) is 3.90. The molecule has 1 aromatic heterocycles. The SMILES string of the molecule is Nc1nc(N)nc(N)n1.O=C1OCCO1. The highest BCUT2D eigenvalue weighted by Gasteiger charge is 2.09. The summed E-state index contributed by atoms with van der Waals surface area (Å²) in [7, 11) is 0. The van der Waals surface area contributed by atoms with Crippen LogP contribution >= 0.6 is 0 Å². The third-order valence-corrected chi connectivity index (χ3v) is 1.21. The first-order chi connectivity index (χ1) is 7.08. The molecule has 15 heavy (non-hydrogen) atoms. The van der Waals surface area contributed by atoms with Gasteiger partial charge in [0, 0.05) is 0 Å². The van der Waals surface area contributed by atoms with Gasteiger partial charge in [-0.25, -0.2) is 4.79 Å². The summed E-state index contributed by atoms with van der Waals surface area (Å²) in [6.07, 6.45) is -0.546. The standard InChI is InChI=1S/C3H6N6.C3H4O3/c4-1-7-2(5)9-3(6)8-1;4-3-5-1-2-6-3/h(H6,4,5,6,7,8,9);1-2H2. The number of cyclic esters (lactones) is 2. The molecule has 0 spiro atoms. The molecule has 82 valence electrons. The van der Waals surface area contributed by atoms with Crippen LogP contribution in [0.1, 0.15) is 0 Å². The molecule has 9 nitrogen and oxygen atoms in total. The van der Waals surface area contributed by atoms with Crippen LogP contribution in [0.2, 0.25) is 0 Å². The van der Waals surface area contributed by atoms with Crippen LogP contribution in [-0.2, 0) is 9.47 Å². The van der Waals surface area contributed by atoms with Crippen molar-refractivity contribution in [1.29, 1.82) is 0 Å². The number of carbonyl (C=O) groups excluding carboxylic acids is 1. The molecule has 2 heterocycles. The van der Waals surface area contributed by atoms with E-state index in [0.29, 0.717) is 13.2 Å². The largest absolute Gasteiger partial charge is 0.508 e. The molecule has 1 aliphatic rings. The Balaban J connectivity index is 0.000000162. The number of ether oxygens (including phenoxy) is 2. The van der Waals surface area contributed by atoms with Gasteiger partial charge >= 0.3 is 6.16 Å². The Hall–Kier alpha value is -2.32. The summed E-state index contributed by atoms with van der Waals surface area (Å²) in [5.41, 5.74) is 15.4. The Morgan fingerprint density at radius 3 is 1.40 bits per heavy atom. The Bertz CT molecular complexity index is 298. The zero-order valence-corrected chi connectivity index (χ0v) is 7.71. The van der Waals surface area contributed by atoms with Gasteiger partial charge < -0.3 is 26.7 Å². The maximum Gasteiger partial charge on any atom is 0.508 e. The first kappa shape index (κ1) is 10.8. The van der Waals surface area contributed by atoms with Gasteiger partial charge in [-0.3, -0.25) is 0 Å². The van der Waals surface area contributed by atoms with Crippen molar-refractivity contribution < 1.29 is 14.3 Å². The zero-order chi connectivity index (χ0) is 11.3. The quantitative estimate of drug-likeness (QED) is 0.450. The highest BCUT2D eigenvalue weighted by molar-refractivity contribution is 5.61. The van der Waals surface area contributed by atoms with Crippen LogP contribution < -0.4 is 17.2 Å². The molecule has 0 saturated carbocycles. The number of hydrogen-bond donors (Lipinski definition) is 3. The first-order valence-electron chi connectivity index (χ1n) is 3.90. The van der Waals surface area contributed by atoms with Gasteiger partial charge in [0.1, 0.15) is 13.2 Å². The molecule has 0 amide bonds. The molecule has 1 aliphatic heterocycles. The predicted molar refractivity (Wildman–Crippen MR) is 50.4 cm³/mol. The third kappa shape index (κ3) is 3.93. The van der Waals surface area contributed by atoms with Crippen LogP contribution in [0, 0.1) is 0 Å². The average molecular weight is 214 g/mol. The van der Waals surface area contributed by atoms with Crippen molar-refractivity contribution in [2.75, 3.05) is 30.4 Å². The van der Waals surface area contributed by atoms with E-state index in [1.165, 1.54) is 0 Å². The van der Waals surface area contributed by atoms with Crippen LogP contribution in [0.4, 0.5) is 22.6 Å². The van der Waals surface area contributed by atoms with Gasteiger partial charge in [0.05, 0.1) is 0 Å². The summed E-state index contributed by atoms with van der Waals surface area (Å²) in [5.74, 6) is 0.125. The van der Waals surface area contributed by atoms with Crippen molar-refractivity contribution in [2.24, 2.45) is 0 Å². The number of nitrogen functional groups attached to an aromatic ring is 3. The number of anilines is 3. The molecule has 0 radical (unpaired) electrons. The molecule has 6 N–H and O–H groups in total. The highest BCUT2D eigenvalue weighted by Crippen LogP contribution is 1.97. The van der Waals surface area contributed by atoms with Gasteiger partial charge in [-0.05, 0) is 0 Å². The Morgan fingerprint density at radius 1 is 0.867 bits per heavy atom. The monoisotopic (exact) mass is 214 g/mol. The Labute approximate surface area is 84.6 Å². The number of nitrogens with zero attached hydrogens (tertiary/aromatic N) is 3. The number of rotatable bonds is 0. The van der Waals surface area contributed by atoms with Crippen LogP contribution in [0.3, 0.4) is 0 Å². The van der Waals surface area contributed by atoms with E-state index in [2.05, 4.69) is 24.4 Å². The molecular weight excluding hydrogens is 204 g/mol. The van der Waals surface area contributed by atoms with Crippen molar-refractivity contribution >= 4 is 24.0 Å². The molecule has 0 atom stereocenters. The molecule has 0 aromatic carbocycles. The number of hydrogen-bond acceptors (Lipinski definition) is 9. The second-order valence-corrected chi connectivity index (χ2v) is 2.36. The van der Waals surface area contributed by atoms with Crippen molar-refractivity contribution in [2.45, 2.75) is 0 Å². The van der Waals surface area contributed by atoms with E-state index in [-0.39, 0.29) is 17.8 Å². The van der Waals surface area contributed by atoms with Crippen molar-refractivity contribution in [3.63, 3.8) is 0 Å². The lowest BCUT2D eigenvalue weighted by Gasteiger charge is -1.93. The van der Waals surface area contributed by atoms with Crippen LogP contribution in [0.25, 0.3) is 0 Å². The maximum absolute atomic E-state index is 9.80. The lowest BCUT2D eigenvalue weighted by atomic mass is 10.8. The summed E-state index contributed by atoms with van der Waals surface area (Å²) < 4.78 is 8.58. The molecule has 0 aliphatic carbocycles. The lowest BCUT2D eigenvalue weighted by molar-refractivity contribution is 0.131. The molecule has 1 saturated heterocycles. The number of carbonyl (C=O) groups is 1. The summed E-state index contributed by atoms with van der Waals surface area (Å²) in [5, 5.41) is 0. The fourth-order valence-electron chi connectivity index (χ4n) is 0.719. The van der Waals surface area contributed by atoms with Crippen molar-refractivity contribution in [1.82, 2.24) is 15.0 Å². The summed E-state index contributed by atoms with van der Waals surface area (Å²) in [6, 6.07) is 0. The van der Waals surface area contributed by atoms with Crippen LogP contribution in [-0.4, -0.2) is 34.3 Å². The highest BCUT2D eigenvalue weighted by atomic mass is 16.8. The molecular formula is C6H10N6O3. The van der Waals surface area contributed by atoms with E-state index < -0.39 is 6.16 Å². The van der Waals surface area contributed by atoms with Gasteiger partial charge in [-0.2, -0.15) is 15.0 Å². The fraction of sp³-hybridized carbons (Fsp3) is 0.333. The maximum atomic E-state index is 9.80. The van der Waals surface area contributed by atoms with E-state index in [1.54, 1.807) is 0 Å². The Morgan fingerprint density at radius 2 is 1.20 bits per heavy atom. The van der Waals surface area contributed by atoms with Crippen LogP contribution in [0.15, 0.2) is 0 Å². The minimum Gasteiger partial charge on any atom is -0.431 e. The lowest BCUT2D eigenvalue weighted by Crippen LogP contribution is -2.05. The summed E-state index contributed by atoms with van der Waals surface area (Å²) >= 11 is 0. The van der Waals surface area contributed by atoms with E-state index in [0.717, 1.165) is 0 Å². The number of aromatic nitrogens is 3. The smallest absolute Gasteiger partial charge is 0.431 e. The van der Waals surface area contributed by atoms with E-state index in [9.17, 15) is 4.79 Å². The van der Waals surface area contributed by atoms with Gasteiger partial charge in [-0.15, -0.1) is 0 Å². The van der Waals surface area contributed by atoms with E-state index >= 15 is 0 Å². The van der Waals surface area contributed by atoms with Crippen molar-refractivity contribution in [3.8, 4) is 0 Å². The molecule has 9 heteroatoms. The van der Waals surface area contributed by atoms with Gasteiger partial charge in [-0.1, -0.05) is 0 Å². The topological polar surface area (TPSA) is 152 Å². The fourth-order valence-corrected chi connectivity index (χ4v) is 0.719. The van der Waals surface area contributed by atoms with Crippen LogP contribution in [0.5, 0.6) is 0 Å². The van der Waals surface area contributed by atoms with E-state index in [4.69, 9.17) is 17.2 Å². The van der Waals surface area contributed by atoms with E-state index in [1.807, 2.05) is 0 Å². The van der Waals surface area contributed by atoms with Gasteiger partial charge in [0.2, 0.25) is 17.8 Å². The molecule has 2 rings (SSSR count). The molecule has 1 aromatic rings. The molecule has 0 bridgehead atoms. The summed E-state index contributed by atoms with van der Waals surface area (Å²) in [4.78, 5) is 20.3. The number of nitrogens with two attached hydrogens (primary N) is 3. The minimum absolute atomic E-state index is 0.0417. The normalized spacial score (nSPS) is 13.5. The van der Waals surface area contributed by atoms with Gasteiger partial charge in [0.15, 0.2) is 0 Å². The Kier molecular flexibility index (Phi) is 3.43. The summed E-state index contributed by atoms with van der Waals surface area (Å²) in [6.45, 7) is 0.831. The second kappa shape index (κ2) is 4.79. The molecule has 0 unspecified atom stereocenters. The second-order valence-electron chi connectivity index (χ2n) is 2.36. The predicted octanol–water partition coefficient (Wildman–Crippen LogP) is -1.23. The average Bonchev–Trinajstić information content (AvgIpc) is 2.54. The zero-order valence-electron chi connectivity index (χ0n) is 7.71. The van der Waals surface area contributed by atoms with Crippen molar-refractivity contribution in [3.05, 3.63) is 0 Å². The van der Waals surface area contributed by atoms with Gasteiger partial charge in [0.25, 0.3) is 0 Å². The minimum atomic E-state index is -0.546. The third-order valence-electron chi connectivity index (χ3n) is 1.21.